The molecule has 7 heteroatoms. The first-order valence-electron chi connectivity index (χ1n) is 8.99. The summed E-state index contributed by atoms with van der Waals surface area (Å²) in [6.45, 7) is 3.82. The number of rotatable bonds is 9. The van der Waals surface area contributed by atoms with Crippen molar-refractivity contribution in [1.29, 1.82) is 0 Å². The van der Waals surface area contributed by atoms with Crippen molar-refractivity contribution in [2.45, 2.75) is 32.4 Å². The van der Waals surface area contributed by atoms with Crippen LogP contribution in [0.2, 0.25) is 0 Å². The van der Waals surface area contributed by atoms with Gasteiger partial charge < -0.3 is 24.8 Å². The molecule has 0 aliphatic heterocycles. The van der Waals surface area contributed by atoms with Crippen molar-refractivity contribution < 1.29 is 23.4 Å². The summed E-state index contributed by atoms with van der Waals surface area (Å²) >= 11 is 0. The van der Waals surface area contributed by atoms with Crippen molar-refractivity contribution in [2.24, 2.45) is 0 Å². The zero-order valence-electron chi connectivity index (χ0n) is 16.8. The first-order valence-corrected chi connectivity index (χ1v) is 8.99. The van der Waals surface area contributed by atoms with Crippen LogP contribution in [0.15, 0.2) is 36.4 Å². The molecule has 2 aromatic rings. The van der Waals surface area contributed by atoms with Crippen LogP contribution < -0.4 is 24.8 Å². The van der Waals surface area contributed by atoms with Crippen LogP contribution in [0.4, 0.5) is 10.1 Å². The standard InChI is InChI=1S/C21H27FN2O4/c1-13(23-14(2)15-6-9-19(27-4)17(22)11-15)10-21(25)24-18-8-7-16(26-3)12-20(18)28-5/h6-9,11-14,23H,10H2,1-5H3,(H,24,25). The van der Waals surface area contributed by atoms with Gasteiger partial charge in [-0.25, -0.2) is 4.39 Å². The van der Waals surface area contributed by atoms with Crippen molar-refractivity contribution in [3.8, 4) is 17.2 Å². The van der Waals surface area contributed by atoms with Crippen molar-refractivity contribution >= 4 is 11.6 Å². The van der Waals surface area contributed by atoms with Gasteiger partial charge in [-0.2, -0.15) is 0 Å². The number of carbonyl (C=O) groups is 1. The summed E-state index contributed by atoms with van der Waals surface area (Å²) in [6.07, 6.45) is 0.248. The molecule has 2 aromatic carbocycles. The van der Waals surface area contributed by atoms with Crippen LogP contribution >= 0.6 is 0 Å². The summed E-state index contributed by atoms with van der Waals surface area (Å²) in [5.74, 6) is 0.805. The smallest absolute Gasteiger partial charge is 0.226 e. The topological polar surface area (TPSA) is 68.8 Å². The van der Waals surface area contributed by atoms with E-state index in [1.54, 1.807) is 37.4 Å². The van der Waals surface area contributed by atoms with E-state index in [-0.39, 0.29) is 30.2 Å². The van der Waals surface area contributed by atoms with Gasteiger partial charge >= 0.3 is 0 Å². The van der Waals surface area contributed by atoms with Gasteiger partial charge in [-0.05, 0) is 43.7 Å². The minimum Gasteiger partial charge on any atom is -0.497 e. The molecule has 28 heavy (non-hydrogen) atoms. The molecule has 0 saturated heterocycles. The van der Waals surface area contributed by atoms with E-state index < -0.39 is 5.82 Å². The predicted octanol–water partition coefficient (Wildman–Crippen LogP) is 3.92. The fourth-order valence-electron chi connectivity index (χ4n) is 2.92. The minimum atomic E-state index is -0.411. The molecule has 2 rings (SSSR count). The zero-order chi connectivity index (χ0) is 20.7. The van der Waals surface area contributed by atoms with Crippen LogP contribution in [0.5, 0.6) is 17.2 Å². The van der Waals surface area contributed by atoms with Crippen LogP contribution in [0, 0.1) is 5.82 Å². The van der Waals surface area contributed by atoms with E-state index in [1.807, 2.05) is 13.8 Å². The van der Waals surface area contributed by atoms with E-state index >= 15 is 0 Å². The van der Waals surface area contributed by atoms with Crippen LogP contribution in [-0.2, 0) is 4.79 Å². The quantitative estimate of drug-likeness (QED) is 0.679. The maximum absolute atomic E-state index is 13.9. The van der Waals surface area contributed by atoms with E-state index in [2.05, 4.69) is 10.6 Å². The highest BCUT2D eigenvalue weighted by Crippen LogP contribution is 2.29. The number of ether oxygens (including phenoxy) is 3. The Kier molecular flexibility index (Phi) is 7.63. The lowest BCUT2D eigenvalue weighted by Gasteiger charge is -2.21. The second-order valence-corrected chi connectivity index (χ2v) is 6.50. The number of halogens is 1. The molecular formula is C21H27FN2O4. The van der Waals surface area contributed by atoms with Crippen molar-refractivity contribution in [3.05, 3.63) is 47.8 Å². The van der Waals surface area contributed by atoms with Crippen LogP contribution in [0.25, 0.3) is 0 Å². The number of hydrogen-bond donors (Lipinski definition) is 2. The van der Waals surface area contributed by atoms with Gasteiger partial charge in [0, 0.05) is 24.6 Å². The summed E-state index contributed by atoms with van der Waals surface area (Å²) in [7, 11) is 4.53. The monoisotopic (exact) mass is 390 g/mol. The fourth-order valence-corrected chi connectivity index (χ4v) is 2.92. The SMILES string of the molecule is COc1ccc(NC(=O)CC(C)NC(C)c2ccc(OC)c(F)c2)c(OC)c1. The molecular weight excluding hydrogens is 363 g/mol. The molecule has 0 saturated carbocycles. The van der Waals surface area contributed by atoms with Crippen LogP contribution in [0.3, 0.4) is 0 Å². The summed E-state index contributed by atoms with van der Waals surface area (Å²) in [4.78, 5) is 12.4. The molecule has 152 valence electrons. The highest BCUT2D eigenvalue weighted by molar-refractivity contribution is 5.92. The first kappa shape index (κ1) is 21.5. The lowest BCUT2D eigenvalue weighted by atomic mass is 10.1. The van der Waals surface area contributed by atoms with E-state index in [0.29, 0.717) is 17.2 Å². The van der Waals surface area contributed by atoms with Gasteiger partial charge in [0.1, 0.15) is 11.5 Å². The number of amides is 1. The van der Waals surface area contributed by atoms with Gasteiger partial charge in [-0.1, -0.05) is 6.07 Å². The van der Waals surface area contributed by atoms with Gasteiger partial charge in [0.2, 0.25) is 5.91 Å². The molecule has 2 unspecified atom stereocenters. The Hall–Kier alpha value is -2.80. The van der Waals surface area contributed by atoms with Crippen LogP contribution in [-0.4, -0.2) is 33.3 Å². The average molecular weight is 390 g/mol. The lowest BCUT2D eigenvalue weighted by Crippen LogP contribution is -2.32. The molecule has 6 nitrogen and oxygen atoms in total. The van der Waals surface area contributed by atoms with E-state index in [0.717, 1.165) is 5.56 Å². The molecule has 0 fully saturated rings. The Morgan fingerprint density at radius 3 is 2.32 bits per heavy atom. The Bertz CT molecular complexity index is 813. The lowest BCUT2D eigenvalue weighted by molar-refractivity contribution is -0.116. The number of anilines is 1. The van der Waals surface area contributed by atoms with Gasteiger partial charge in [0.15, 0.2) is 11.6 Å². The van der Waals surface area contributed by atoms with Crippen LogP contribution in [0.1, 0.15) is 31.9 Å². The third-order valence-electron chi connectivity index (χ3n) is 4.38. The molecule has 0 aromatic heterocycles. The third kappa shape index (κ3) is 5.60. The molecule has 0 aliphatic carbocycles. The highest BCUT2D eigenvalue weighted by atomic mass is 19.1. The Labute approximate surface area is 165 Å². The van der Waals surface area contributed by atoms with Gasteiger partial charge in [-0.3, -0.25) is 4.79 Å². The van der Waals surface area contributed by atoms with E-state index in [9.17, 15) is 9.18 Å². The summed E-state index contributed by atoms with van der Waals surface area (Å²) in [6, 6.07) is 9.77. The number of nitrogens with one attached hydrogen (secondary N) is 2. The molecule has 0 aliphatic rings. The molecule has 0 heterocycles. The van der Waals surface area contributed by atoms with Gasteiger partial charge in [-0.15, -0.1) is 0 Å². The number of benzene rings is 2. The molecule has 1 amide bonds. The second-order valence-electron chi connectivity index (χ2n) is 6.50. The summed E-state index contributed by atoms with van der Waals surface area (Å²) in [5.41, 5.74) is 1.35. The third-order valence-corrected chi connectivity index (χ3v) is 4.38. The Morgan fingerprint density at radius 2 is 1.71 bits per heavy atom. The van der Waals surface area contributed by atoms with Crippen molar-refractivity contribution in [2.75, 3.05) is 26.6 Å². The van der Waals surface area contributed by atoms with Crippen molar-refractivity contribution in [3.63, 3.8) is 0 Å². The maximum atomic E-state index is 13.9. The predicted molar refractivity (Wildman–Crippen MR) is 107 cm³/mol. The van der Waals surface area contributed by atoms with Gasteiger partial charge in [0.25, 0.3) is 0 Å². The van der Waals surface area contributed by atoms with E-state index in [4.69, 9.17) is 14.2 Å². The average Bonchev–Trinajstić information content (AvgIpc) is 2.67. The Morgan fingerprint density at radius 1 is 1.00 bits per heavy atom. The molecule has 0 spiro atoms. The largest absolute Gasteiger partial charge is 0.497 e. The molecule has 0 bridgehead atoms. The Balaban J connectivity index is 1.94. The van der Waals surface area contributed by atoms with Crippen molar-refractivity contribution in [1.82, 2.24) is 5.32 Å². The van der Waals surface area contributed by atoms with E-state index in [1.165, 1.54) is 20.3 Å². The molecule has 2 N–H and O–H groups in total. The number of hydrogen-bond acceptors (Lipinski definition) is 5. The normalized spacial score (nSPS) is 12.8. The number of methoxy groups -OCH3 is 3. The minimum absolute atomic E-state index is 0.121. The zero-order valence-corrected chi connectivity index (χ0v) is 16.8. The summed E-state index contributed by atoms with van der Waals surface area (Å²) in [5, 5.41) is 6.15. The number of carbonyl (C=O) groups excluding carboxylic acids is 1. The highest BCUT2D eigenvalue weighted by Gasteiger charge is 2.16. The second kappa shape index (κ2) is 9.94. The maximum Gasteiger partial charge on any atom is 0.226 e. The fraction of sp³-hybridized carbons (Fsp3) is 0.381. The summed E-state index contributed by atoms with van der Waals surface area (Å²) < 4.78 is 29.3. The van der Waals surface area contributed by atoms with Gasteiger partial charge in [0.05, 0.1) is 27.0 Å². The molecule has 2 atom stereocenters. The molecule has 0 radical (unpaired) electrons. The first-order chi connectivity index (χ1) is 13.4.